The van der Waals surface area contributed by atoms with Crippen LogP contribution in [0, 0.1) is 6.92 Å². The van der Waals surface area contributed by atoms with E-state index < -0.39 is 7.12 Å². The maximum Gasteiger partial charge on any atom is 0.494 e. The lowest BCUT2D eigenvalue weighted by Crippen LogP contribution is -2.41. The molecule has 7 heteroatoms. The summed E-state index contributed by atoms with van der Waals surface area (Å²) in [6.45, 7) is 12.1. The van der Waals surface area contributed by atoms with E-state index in [-0.39, 0.29) is 17.2 Å². The minimum Gasteiger partial charge on any atom is -0.461 e. The highest BCUT2D eigenvalue weighted by atomic mass is 16.7. The Balaban J connectivity index is 1.87. The second kappa shape index (κ2) is 6.56. The number of hydrogen-bond acceptors (Lipinski definition) is 5. The van der Waals surface area contributed by atoms with Crippen LogP contribution in [0.25, 0.3) is 5.69 Å². The number of hydrogen-bond donors (Lipinski definition) is 0. The van der Waals surface area contributed by atoms with Gasteiger partial charge in [0.15, 0.2) is 5.69 Å². The van der Waals surface area contributed by atoms with Gasteiger partial charge in [-0.2, -0.15) is 5.10 Å². The van der Waals surface area contributed by atoms with Crippen LogP contribution in [0.15, 0.2) is 30.3 Å². The molecule has 138 valence electrons. The van der Waals surface area contributed by atoms with Gasteiger partial charge < -0.3 is 14.0 Å². The predicted molar refractivity (Wildman–Crippen MR) is 100.0 cm³/mol. The summed E-state index contributed by atoms with van der Waals surface area (Å²) < 4.78 is 18.9. The first-order chi connectivity index (χ1) is 12.1. The van der Waals surface area contributed by atoms with Gasteiger partial charge in [-0.15, -0.1) is 0 Å². The number of aryl methyl sites for hydroxylation is 1. The number of aromatic nitrogens is 2. The van der Waals surface area contributed by atoms with Gasteiger partial charge in [0.05, 0.1) is 29.2 Å². The Morgan fingerprint density at radius 2 is 1.73 bits per heavy atom. The maximum atomic E-state index is 12.1. The minimum absolute atomic E-state index is 0.323. The summed E-state index contributed by atoms with van der Waals surface area (Å²) >= 11 is 0. The van der Waals surface area contributed by atoms with E-state index in [4.69, 9.17) is 14.0 Å². The van der Waals surface area contributed by atoms with E-state index in [1.165, 1.54) is 0 Å². The number of ether oxygens (including phenoxy) is 1. The summed E-state index contributed by atoms with van der Waals surface area (Å²) in [7, 11) is -0.419. The van der Waals surface area contributed by atoms with E-state index in [1.807, 2.05) is 58.9 Å². The molecule has 0 atom stereocenters. The molecule has 1 aliphatic heterocycles. The largest absolute Gasteiger partial charge is 0.494 e. The van der Waals surface area contributed by atoms with Crippen molar-refractivity contribution in [2.24, 2.45) is 0 Å². The van der Waals surface area contributed by atoms with Gasteiger partial charge in [0.2, 0.25) is 0 Å². The van der Waals surface area contributed by atoms with Crippen molar-refractivity contribution in [3.8, 4) is 5.69 Å². The number of nitrogens with zero attached hydrogens (tertiary/aromatic N) is 2. The van der Waals surface area contributed by atoms with Crippen LogP contribution in [0.1, 0.15) is 50.8 Å². The van der Waals surface area contributed by atoms with Gasteiger partial charge in [0.1, 0.15) is 0 Å². The highest BCUT2D eigenvalue weighted by Gasteiger charge is 2.51. The summed E-state index contributed by atoms with van der Waals surface area (Å²) in [6.07, 6.45) is 0. The minimum atomic E-state index is -0.419. The third kappa shape index (κ3) is 3.29. The molecule has 0 aliphatic carbocycles. The first-order valence-corrected chi connectivity index (χ1v) is 8.84. The number of carbonyl (C=O) groups excluding carboxylic acids is 1. The lowest BCUT2D eigenvalue weighted by molar-refractivity contribution is 0.00578. The van der Waals surface area contributed by atoms with E-state index in [0.717, 1.165) is 16.8 Å². The molecule has 1 saturated heterocycles. The Labute approximate surface area is 154 Å². The molecular weight excluding hydrogens is 331 g/mol. The van der Waals surface area contributed by atoms with Crippen molar-refractivity contribution in [1.82, 2.24) is 9.78 Å². The highest BCUT2D eigenvalue weighted by Crippen LogP contribution is 2.36. The number of esters is 1. The van der Waals surface area contributed by atoms with E-state index in [2.05, 4.69) is 5.10 Å². The molecule has 0 amide bonds. The Morgan fingerprint density at radius 3 is 2.27 bits per heavy atom. The molecule has 1 fully saturated rings. The molecule has 0 unspecified atom stereocenters. The zero-order chi connectivity index (χ0) is 19.1. The third-order valence-electron chi connectivity index (χ3n) is 4.98. The molecular formula is C19H25BN2O4. The fourth-order valence-electron chi connectivity index (χ4n) is 2.80. The molecule has 2 heterocycles. The molecule has 1 aliphatic rings. The Morgan fingerprint density at radius 1 is 1.15 bits per heavy atom. The van der Waals surface area contributed by atoms with Crippen molar-refractivity contribution < 1.29 is 18.8 Å². The van der Waals surface area contributed by atoms with Gasteiger partial charge in [-0.1, -0.05) is 12.1 Å². The summed E-state index contributed by atoms with van der Waals surface area (Å²) in [6, 6.07) is 9.39. The number of carbonyl (C=O) groups is 1. The van der Waals surface area contributed by atoms with Crippen molar-refractivity contribution in [2.45, 2.75) is 52.7 Å². The summed E-state index contributed by atoms with van der Waals surface area (Å²) in [4.78, 5) is 12.1. The Hall–Kier alpha value is -2.12. The standard InChI is InChI=1S/C19H25BN2O4/c1-7-24-17(23)16-12-13(2)21-22(16)15-10-8-14(9-11-15)20-25-18(3,4)19(5,6)26-20/h8-12H,7H2,1-6H3. The predicted octanol–water partition coefficient (Wildman–Crippen LogP) is 2.66. The second-order valence-corrected chi connectivity index (χ2v) is 7.48. The van der Waals surface area contributed by atoms with Crippen molar-refractivity contribution in [3.05, 3.63) is 41.7 Å². The normalized spacial score (nSPS) is 18.2. The van der Waals surface area contributed by atoms with Gasteiger partial charge in [-0.25, -0.2) is 9.48 Å². The lowest BCUT2D eigenvalue weighted by atomic mass is 9.79. The van der Waals surface area contributed by atoms with Gasteiger partial charge in [0.25, 0.3) is 0 Å². The van der Waals surface area contributed by atoms with Gasteiger partial charge in [0, 0.05) is 0 Å². The molecule has 26 heavy (non-hydrogen) atoms. The van der Waals surface area contributed by atoms with Crippen LogP contribution in [0.5, 0.6) is 0 Å². The summed E-state index contributed by atoms with van der Waals surface area (Å²) in [5.41, 5.74) is 2.10. The van der Waals surface area contributed by atoms with Crippen LogP contribution in [-0.4, -0.2) is 40.7 Å². The topological polar surface area (TPSA) is 62.6 Å². The van der Waals surface area contributed by atoms with Crippen molar-refractivity contribution >= 4 is 18.6 Å². The quantitative estimate of drug-likeness (QED) is 0.623. The van der Waals surface area contributed by atoms with Gasteiger partial charge in [-0.05, 0) is 65.2 Å². The average Bonchev–Trinajstić information content (AvgIpc) is 3.05. The summed E-state index contributed by atoms with van der Waals surface area (Å²) in [5, 5.41) is 4.41. The average molecular weight is 356 g/mol. The molecule has 0 bridgehead atoms. The molecule has 0 radical (unpaired) electrons. The Bertz CT molecular complexity index is 795. The van der Waals surface area contributed by atoms with E-state index >= 15 is 0 Å². The summed E-state index contributed by atoms with van der Waals surface area (Å²) in [5.74, 6) is -0.386. The van der Waals surface area contributed by atoms with Crippen LogP contribution >= 0.6 is 0 Å². The maximum absolute atomic E-state index is 12.1. The molecule has 1 aromatic heterocycles. The van der Waals surface area contributed by atoms with E-state index in [9.17, 15) is 4.79 Å². The molecule has 6 nitrogen and oxygen atoms in total. The highest BCUT2D eigenvalue weighted by molar-refractivity contribution is 6.62. The third-order valence-corrected chi connectivity index (χ3v) is 4.98. The van der Waals surface area contributed by atoms with Crippen LogP contribution < -0.4 is 5.46 Å². The number of benzene rings is 1. The fraction of sp³-hybridized carbons (Fsp3) is 0.474. The molecule has 0 spiro atoms. The zero-order valence-corrected chi connectivity index (χ0v) is 16.2. The van der Waals surface area contributed by atoms with E-state index in [0.29, 0.717) is 12.3 Å². The zero-order valence-electron chi connectivity index (χ0n) is 16.2. The molecule has 1 aromatic carbocycles. The van der Waals surface area contributed by atoms with Crippen molar-refractivity contribution in [3.63, 3.8) is 0 Å². The molecule has 0 saturated carbocycles. The number of rotatable bonds is 4. The van der Waals surface area contributed by atoms with Crippen LogP contribution in [0.3, 0.4) is 0 Å². The Kier molecular flexibility index (Phi) is 4.71. The van der Waals surface area contributed by atoms with Gasteiger partial charge >= 0.3 is 13.1 Å². The molecule has 3 rings (SSSR count). The fourth-order valence-corrected chi connectivity index (χ4v) is 2.80. The van der Waals surface area contributed by atoms with E-state index in [1.54, 1.807) is 17.7 Å². The van der Waals surface area contributed by atoms with Crippen molar-refractivity contribution in [1.29, 1.82) is 0 Å². The molecule has 2 aromatic rings. The first-order valence-electron chi connectivity index (χ1n) is 8.84. The first kappa shape index (κ1) is 18.7. The van der Waals surface area contributed by atoms with Crippen LogP contribution in [0.4, 0.5) is 0 Å². The smallest absolute Gasteiger partial charge is 0.461 e. The van der Waals surface area contributed by atoms with Crippen LogP contribution in [0.2, 0.25) is 0 Å². The lowest BCUT2D eigenvalue weighted by Gasteiger charge is -2.32. The van der Waals surface area contributed by atoms with Crippen LogP contribution in [-0.2, 0) is 14.0 Å². The van der Waals surface area contributed by atoms with Gasteiger partial charge in [-0.3, -0.25) is 0 Å². The second-order valence-electron chi connectivity index (χ2n) is 7.48. The van der Waals surface area contributed by atoms with Crippen molar-refractivity contribution in [2.75, 3.05) is 6.61 Å². The molecule has 0 N–H and O–H groups in total. The monoisotopic (exact) mass is 356 g/mol. The SMILES string of the molecule is CCOC(=O)c1cc(C)nn1-c1ccc(B2OC(C)(C)C(C)(C)O2)cc1.